The third-order valence-electron chi connectivity index (χ3n) is 5.75. The van der Waals surface area contributed by atoms with Gasteiger partial charge in [0.1, 0.15) is 18.1 Å². The highest BCUT2D eigenvalue weighted by Gasteiger charge is 2.19. The molecule has 7 nitrogen and oxygen atoms in total. The number of fused-ring (bicyclic) bond motifs is 1. The molecular formula is C24H30N4O3. The first-order valence-electron chi connectivity index (χ1n) is 10.8. The number of aromatic nitrogens is 3. The minimum atomic E-state index is 0.421. The van der Waals surface area contributed by atoms with Crippen molar-refractivity contribution in [1.82, 2.24) is 19.9 Å². The molecule has 0 spiro atoms. The molecule has 3 aromatic rings. The van der Waals surface area contributed by atoms with Gasteiger partial charge in [0.25, 0.3) is 0 Å². The first kappa shape index (κ1) is 21.2. The highest BCUT2D eigenvalue weighted by atomic mass is 16.5. The van der Waals surface area contributed by atoms with Gasteiger partial charge in [-0.25, -0.2) is 0 Å². The van der Waals surface area contributed by atoms with Crippen LogP contribution >= 0.6 is 0 Å². The summed E-state index contributed by atoms with van der Waals surface area (Å²) in [5.41, 5.74) is 4.77. The number of nitrogens with zero attached hydrogens (tertiary/aromatic N) is 4. The third-order valence-corrected chi connectivity index (χ3v) is 5.75. The summed E-state index contributed by atoms with van der Waals surface area (Å²) in [5.74, 6) is 2.44. The Morgan fingerprint density at radius 3 is 2.42 bits per heavy atom. The lowest BCUT2D eigenvalue weighted by molar-refractivity contribution is 0.238. The number of hydrogen-bond donors (Lipinski definition) is 0. The zero-order valence-electron chi connectivity index (χ0n) is 18.5. The van der Waals surface area contributed by atoms with Gasteiger partial charge in [0.05, 0.1) is 27.0 Å². The van der Waals surface area contributed by atoms with E-state index in [4.69, 9.17) is 14.2 Å². The van der Waals surface area contributed by atoms with Gasteiger partial charge in [-0.2, -0.15) is 0 Å². The molecule has 0 N–H and O–H groups in total. The molecule has 0 unspecified atom stereocenters. The van der Waals surface area contributed by atoms with Gasteiger partial charge in [0.15, 0.2) is 11.5 Å². The van der Waals surface area contributed by atoms with E-state index in [1.807, 2.05) is 23.0 Å². The van der Waals surface area contributed by atoms with Crippen molar-refractivity contribution in [2.24, 2.45) is 0 Å². The van der Waals surface area contributed by atoms with Crippen molar-refractivity contribution < 1.29 is 14.2 Å². The van der Waals surface area contributed by atoms with Gasteiger partial charge in [0.2, 0.25) is 0 Å². The molecule has 164 valence electrons. The summed E-state index contributed by atoms with van der Waals surface area (Å²) in [6.45, 7) is 6.18. The van der Waals surface area contributed by atoms with E-state index in [0.717, 1.165) is 62.0 Å². The zero-order valence-corrected chi connectivity index (χ0v) is 18.5. The van der Waals surface area contributed by atoms with Crippen LogP contribution in [0.4, 0.5) is 0 Å². The van der Waals surface area contributed by atoms with Crippen molar-refractivity contribution in [3.8, 4) is 17.2 Å². The Balaban J connectivity index is 1.29. The molecule has 31 heavy (non-hydrogen) atoms. The van der Waals surface area contributed by atoms with E-state index in [0.29, 0.717) is 6.61 Å². The van der Waals surface area contributed by atoms with Crippen LogP contribution < -0.4 is 14.2 Å². The van der Waals surface area contributed by atoms with Crippen LogP contribution in [0.1, 0.15) is 29.3 Å². The van der Waals surface area contributed by atoms with E-state index in [-0.39, 0.29) is 0 Å². The summed E-state index contributed by atoms with van der Waals surface area (Å²) < 4.78 is 18.6. The van der Waals surface area contributed by atoms with Gasteiger partial charge in [-0.3, -0.25) is 9.58 Å². The summed E-state index contributed by atoms with van der Waals surface area (Å²) in [4.78, 5) is 2.43. The molecule has 0 saturated heterocycles. The van der Waals surface area contributed by atoms with Crippen LogP contribution in [0, 0.1) is 0 Å². The minimum Gasteiger partial charge on any atom is -0.493 e. The molecule has 0 saturated carbocycles. The molecular weight excluding hydrogens is 392 g/mol. The molecule has 0 atom stereocenters. The molecule has 4 rings (SSSR count). The number of hydrogen-bond acceptors (Lipinski definition) is 6. The Bertz CT molecular complexity index is 1000. The van der Waals surface area contributed by atoms with Crippen molar-refractivity contribution >= 4 is 0 Å². The zero-order chi connectivity index (χ0) is 21.6. The van der Waals surface area contributed by atoms with E-state index >= 15 is 0 Å². The Kier molecular flexibility index (Phi) is 6.72. The smallest absolute Gasteiger partial charge is 0.161 e. The highest BCUT2D eigenvalue weighted by molar-refractivity contribution is 5.48. The van der Waals surface area contributed by atoms with E-state index in [2.05, 4.69) is 46.4 Å². The lowest BCUT2D eigenvalue weighted by Gasteiger charge is -2.29. The van der Waals surface area contributed by atoms with Crippen molar-refractivity contribution in [2.75, 3.05) is 27.3 Å². The van der Waals surface area contributed by atoms with E-state index in [1.54, 1.807) is 14.2 Å². The fourth-order valence-corrected chi connectivity index (χ4v) is 3.87. The number of methoxy groups -OCH3 is 2. The molecule has 1 aromatic heterocycles. The van der Waals surface area contributed by atoms with Crippen LogP contribution in [0.2, 0.25) is 0 Å². The fraction of sp³-hybridized carbons (Fsp3) is 0.417. The lowest BCUT2D eigenvalue weighted by atomic mass is 9.99. The summed E-state index contributed by atoms with van der Waals surface area (Å²) >= 11 is 0. The molecule has 0 fully saturated rings. The number of benzene rings is 2. The molecule has 1 aliphatic heterocycles. The lowest BCUT2D eigenvalue weighted by Crippen LogP contribution is -2.33. The maximum Gasteiger partial charge on any atom is 0.161 e. The van der Waals surface area contributed by atoms with Crippen molar-refractivity contribution in [3.63, 3.8) is 0 Å². The van der Waals surface area contributed by atoms with Crippen LogP contribution in [-0.4, -0.2) is 47.2 Å². The Morgan fingerprint density at radius 1 is 0.968 bits per heavy atom. The topological polar surface area (TPSA) is 61.6 Å². The predicted octanol–water partition coefficient (Wildman–Crippen LogP) is 3.50. The molecule has 1 aliphatic rings. The van der Waals surface area contributed by atoms with E-state index < -0.39 is 0 Å². The molecule has 7 heteroatoms. The quantitative estimate of drug-likeness (QED) is 0.526. The van der Waals surface area contributed by atoms with E-state index in [1.165, 1.54) is 16.7 Å². The second kappa shape index (κ2) is 9.83. The van der Waals surface area contributed by atoms with Gasteiger partial charge in [-0.15, -0.1) is 5.10 Å². The van der Waals surface area contributed by atoms with Gasteiger partial charge >= 0.3 is 0 Å². The Hall–Kier alpha value is -3.06. The molecule has 0 amide bonds. The maximum absolute atomic E-state index is 5.83. The minimum absolute atomic E-state index is 0.421. The van der Waals surface area contributed by atoms with Crippen molar-refractivity contribution in [2.45, 2.75) is 39.5 Å². The fourth-order valence-electron chi connectivity index (χ4n) is 3.87. The molecule has 2 aromatic carbocycles. The second-order valence-electron chi connectivity index (χ2n) is 7.76. The van der Waals surface area contributed by atoms with Gasteiger partial charge < -0.3 is 14.2 Å². The predicted molar refractivity (Wildman–Crippen MR) is 119 cm³/mol. The average Bonchev–Trinajstić information content (AvgIpc) is 3.28. The number of rotatable bonds is 9. The molecule has 0 aliphatic carbocycles. The first-order valence-corrected chi connectivity index (χ1v) is 10.8. The van der Waals surface area contributed by atoms with Gasteiger partial charge in [0, 0.05) is 19.6 Å². The van der Waals surface area contributed by atoms with Crippen molar-refractivity contribution in [3.05, 3.63) is 65.0 Å². The van der Waals surface area contributed by atoms with Crippen LogP contribution in [0.3, 0.4) is 0 Å². The van der Waals surface area contributed by atoms with Crippen molar-refractivity contribution in [1.29, 1.82) is 0 Å². The first-order chi connectivity index (χ1) is 15.2. The largest absolute Gasteiger partial charge is 0.493 e. The molecule has 2 heterocycles. The third kappa shape index (κ3) is 5.17. The van der Waals surface area contributed by atoms with Crippen LogP contribution in [0.5, 0.6) is 17.2 Å². The second-order valence-corrected chi connectivity index (χ2v) is 7.76. The molecule has 0 radical (unpaired) electrons. The number of ether oxygens (including phenoxy) is 3. The summed E-state index contributed by atoms with van der Waals surface area (Å²) in [6, 6.07) is 12.4. The number of aryl methyl sites for hydroxylation is 1. The van der Waals surface area contributed by atoms with Gasteiger partial charge in [-0.05, 0) is 53.8 Å². The van der Waals surface area contributed by atoms with E-state index in [9.17, 15) is 0 Å². The SMILES string of the molecule is CCc1ccc(OCc2cn(CCN3CCc4cc(OC)c(OC)cc4C3)nn2)cc1. The van der Waals surface area contributed by atoms with Crippen LogP contribution in [0.25, 0.3) is 0 Å². The monoisotopic (exact) mass is 422 g/mol. The standard InChI is InChI=1S/C24H30N4O3/c1-4-18-5-7-22(8-6-18)31-17-21-16-28(26-25-21)12-11-27-10-9-19-13-23(29-2)24(30-3)14-20(19)15-27/h5-8,13-14,16H,4,9-12,15,17H2,1-3H3. The normalized spacial score (nSPS) is 13.6. The summed E-state index contributed by atoms with van der Waals surface area (Å²) in [5, 5.41) is 8.50. The van der Waals surface area contributed by atoms with Gasteiger partial charge in [-0.1, -0.05) is 24.3 Å². The summed E-state index contributed by atoms with van der Waals surface area (Å²) in [7, 11) is 3.36. The summed E-state index contributed by atoms with van der Waals surface area (Å²) in [6.07, 6.45) is 3.99. The maximum atomic E-state index is 5.83. The van der Waals surface area contributed by atoms with Crippen LogP contribution in [-0.2, 0) is 32.5 Å². The average molecular weight is 423 g/mol. The van der Waals surface area contributed by atoms with Crippen LogP contribution in [0.15, 0.2) is 42.6 Å². The Labute approximate surface area is 183 Å². The highest BCUT2D eigenvalue weighted by Crippen LogP contribution is 2.33. The molecule has 0 bridgehead atoms. The Morgan fingerprint density at radius 2 is 1.71 bits per heavy atom.